The summed E-state index contributed by atoms with van der Waals surface area (Å²) in [6, 6.07) is 0. The zero-order valence-electron chi connectivity index (χ0n) is 10.2. The van der Waals surface area contributed by atoms with Gasteiger partial charge in [-0.1, -0.05) is 6.42 Å². The van der Waals surface area contributed by atoms with Crippen molar-refractivity contribution in [1.82, 2.24) is 4.72 Å². The number of carbonyl (C=O) groups excluding carboxylic acids is 1. The monoisotopic (exact) mass is 281 g/mol. The SMILES string of the molecule is COC(=O)C1CCCC1S(=O)(=O)NCC(O)CO. The molecule has 1 rings (SSSR count). The Hall–Kier alpha value is -0.700. The van der Waals surface area contributed by atoms with Crippen LogP contribution in [-0.4, -0.2) is 56.2 Å². The van der Waals surface area contributed by atoms with Gasteiger partial charge in [0.1, 0.15) is 0 Å². The zero-order chi connectivity index (χ0) is 13.8. The first-order chi connectivity index (χ1) is 8.42. The van der Waals surface area contributed by atoms with E-state index in [4.69, 9.17) is 10.2 Å². The Balaban J connectivity index is 2.69. The largest absolute Gasteiger partial charge is 0.469 e. The summed E-state index contributed by atoms with van der Waals surface area (Å²) in [5.74, 6) is -1.18. The number of rotatable bonds is 6. The van der Waals surface area contributed by atoms with Gasteiger partial charge >= 0.3 is 5.97 Å². The lowest BCUT2D eigenvalue weighted by Crippen LogP contribution is -2.42. The first kappa shape index (κ1) is 15.4. The van der Waals surface area contributed by atoms with E-state index in [1.807, 2.05) is 0 Å². The molecule has 0 aromatic carbocycles. The molecule has 1 aliphatic carbocycles. The van der Waals surface area contributed by atoms with Gasteiger partial charge in [-0.25, -0.2) is 13.1 Å². The molecule has 1 fully saturated rings. The van der Waals surface area contributed by atoms with Gasteiger partial charge in [-0.3, -0.25) is 4.79 Å². The van der Waals surface area contributed by atoms with Crippen molar-refractivity contribution < 1.29 is 28.2 Å². The van der Waals surface area contributed by atoms with Gasteiger partial charge in [-0.2, -0.15) is 0 Å². The lowest BCUT2D eigenvalue weighted by atomic mass is 10.1. The summed E-state index contributed by atoms with van der Waals surface area (Å²) in [7, 11) is -2.46. The van der Waals surface area contributed by atoms with Crippen LogP contribution in [0, 0.1) is 5.92 Å². The van der Waals surface area contributed by atoms with Gasteiger partial charge in [0.05, 0.1) is 31.0 Å². The van der Waals surface area contributed by atoms with Crippen molar-refractivity contribution in [2.45, 2.75) is 30.6 Å². The maximum Gasteiger partial charge on any atom is 0.310 e. The second kappa shape index (κ2) is 6.46. The Morgan fingerprint density at radius 1 is 1.50 bits per heavy atom. The molecule has 8 heteroatoms. The molecule has 0 heterocycles. The van der Waals surface area contributed by atoms with Crippen molar-refractivity contribution in [3.63, 3.8) is 0 Å². The van der Waals surface area contributed by atoms with E-state index in [-0.39, 0.29) is 6.54 Å². The quantitative estimate of drug-likeness (QED) is 0.516. The first-order valence-corrected chi connectivity index (χ1v) is 7.32. The smallest absolute Gasteiger partial charge is 0.310 e. The van der Waals surface area contributed by atoms with E-state index in [2.05, 4.69) is 9.46 Å². The summed E-state index contributed by atoms with van der Waals surface area (Å²) < 4.78 is 30.7. The van der Waals surface area contributed by atoms with E-state index in [0.717, 1.165) is 0 Å². The second-order valence-electron chi connectivity index (χ2n) is 4.33. The molecule has 0 radical (unpaired) electrons. The Morgan fingerprint density at radius 2 is 2.17 bits per heavy atom. The highest BCUT2D eigenvalue weighted by atomic mass is 32.2. The highest BCUT2D eigenvalue weighted by Crippen LogP contribution is 2.31. The van der Waals surface area contributed by atoms with E-state index >= 15 is 0 Å². The number of sulfonamides is 1. The third kappa shape index (κ3) is 3.64. The minimum absolute atomic E-state index is 0.261. The Bertz CT molecular complexity index is 382. The topological polar surface area (TPSA) is 113 Å². The van der Waals surface area contributed by atoms with E-state index in [0.29, 0.717) is 19.3 Å². The molecule has 106 valence electrons. The zero-order valence-corrected chi connectivity index (χ0v) is 11.0. The minimum atomic E-state index is -3.69. The summed E-state index contributed by atoms with van der Waals surface area (Å²) in [5.41, 5.74) is 0. The molecule has 3 atom stereocenters. The number of esters is 1. The van der Waals surface area contributed by atoms with Gasteiger partial charge in [0, 0.05) is 6.54 Å². The van der Waals surface area contributed by atoms with Gasteiger partial charge in [0.25, 0.3) is 0 Å². The number of hydrogen-bond donors (Lipinski definition) is 3. The molecule has 0 aromatic heterocycles. The molecule has 18 heavy (non-hydrogen) atoms. The average Bonchev–Trinajstić information content (AvgIpc) is 2.85. The second-order valence-corrected chi connectivity index (χ2v) is 6.31. The number of ether oxygens (including phenoxy) is 1. The highest BCUT2D eigenvalue weighted by molar-refractivity contribution is 7.90. The van der Waals surface area contributed by atoms with E-state index in [1.165, 1.54) is 7.11 Å². The van der Waals surface area contributed by atoms with Crippen LogP contribution in [-0.2, 0) is 19.6 Å². The normalized spacial score (nSPS) is 25.9. The summed E-state index contributed by atoms with van der Waals surface area (Å²) in [6.07, 6.45) is 0.386. The van der Waals surface area contributed by atoms with Crippen molar-refractivity contribution in [3.8, 4) is 0 Å². The third-order valence-electron chi connectivity index (χ3n) is 3.09. The van der Waals surface area contributed by atoms with Crippen LogP contribution in [0.25, 0.3) is 0 Å². The van der Waals surface area contributed by atoms with Gasteiger partial charge < -0.3 is 14.9 Å². The van der Waals surface area contributed by atoms with Crippen molar-refractivity contribution in [2.24, 2.45) is 5.92 Å². The molecular weight excluding hydrogens is 262 g/mol. The molecule has 3 unspecified atom stereocenters. The van der Waals surface area contributed by atoms with Crippen LogP contribution in [0.3, 0.4) is 0 Å². The van der Waals surface area contributed by atoms with Crippen LogP contribution in [0.4, 0.5) is 0 Å². The maximum atomic E-state index is 12.0. The van der Waals surface area contributed by atoms with Gasteiger partial charge in [-0.05, 0) is 12.8 Å². The molecule has 7 nitrogen and oxygen atoms in total. The summed E-state index contributed by atoms with van der Waals surface area (Å²) in [4.78, 5) is 11.5. The molecule has 3 N–H and O–H groups in total. The van der Waals surface area contributed by atoms with Crippen LogP contribution >= 0.6 is 0 Å². The van der Waals surface area contributed by atoms with Crippen LogP contribution in [0.2, 0.25) is 0 Å². The maximum absolute atomic E-state index is 12.0. The van der Waals surface area contributed by atoms with Crippen LogP contribution in [0.15, 0.2) is 0 Å². The summed E-state index contributed by atoms with van der Waals surface area (Å²) in [5, 5.41) is 16.9. The molecule has 0 amide bonds. The first-order valence-electron chi connectivity index (χ1n) is 5.77. The van der Waals surface area contributed by atoms with Gasteiger partial charge in [0.15, 0.2) is 0 Å². The fraction of sp³-hybridized carbons (Fsp3) is 0.900. The number of nitrogens with one attached hydrogen (secondary N) is 1. The number of carbonyl (C=O) groups is 1. The molecule has 0 aromatic rings. The molecule has 0 spiro atoms. The Labute approximate surface area is 106 Å². The average molecular weight is 281 g/mol. The predicted molar refractivity (Wildman–Crippen MR) is 63.2 cm³/mol. The summed E-state index contributed by atoms with van der Waals surface area (Å²) in [6.45, 7) is -0.781. The fourth-order valence-corrected chi connectivity index (χ4v) is 3.90. The number of aliphatic hydroxyl groups excluding tert-OH is 2. The Kier molecular flexibility index (Phi) is 5.51. The standard InChI is InChI=1S/C10H19NO6S/c1-17-10(14)8-3-2-4-9(8)18(15,16)11-5-7(13)6-12/h7-9,11-13H,2-6H2,1H3. The molecule has 1 aliphatic rings. The minimum Gasteiger partial charge on any atom is -0.469 e. The highest BCUT2D eigenvalue weighted by Gasteiger charge is 2.42. The molecule has 0 aliphatic heterocycles. The lowest BCUT2D eigenvalue weighted by molar-refractivity contribution is -0.145. The van der Waals surface area contributed by atoms with Crippen molar-refractivity contribution in [3.05, 3.63) is 0 Å². The van der Waals surface area contributed by atoms with Crippen molar-refractivity contribution in [1.29, 1.82) is 0 Å². The van der Waals surface area contributed by atoms with Crippen molar-refractivity contribution in [2.75, 3.05) is 20.3 Å². The van der Waals surface area contributed by atoms with Crippen molar-refractivity contribution >= 4 is 16.0 Å². The number of methoxy groups -OCH3 is 1. The van der Waals surface area contributed by atoms with Gasteiger partial charge in [-0.15, -0.1) is 0 Å². The summed E-state index contributed by atoms with van der Waals surface area (Å²) >= 11 is 0. The van der Waals surface area contributed by atoms with E-state index in [9.17, 15) is 13.2 Å². The third-order valence-corrected chi connectivity index (χ3v) is 5.02. The van der Waals surface area contributed by atoms with E-state index in [1.54, 1.807) is 0 Å². The van der Waals surface area contributed by atoms with Gasteiger partial charge in [0.2, 0.25) is 10.0 Å². The van der Waals surface area contributed by atoms with Crippen LogP contribution < -0.4 is 4.72 Å². The number of hydrogen-bond acceptors (Lipinski definition) is 6. The van der Waals surface area contributed by atoms with Crippen LogP contribution in [0.5, 0.6) is 0 Å². The number of aliphatic hydroxyl groups is 2. The lowest BCUT2D eigenvalue weighted by Gasteiger charge is -2.19. The predicted octanol–water partition coefficient (Wildman–Crippen LogP) is -1.40. The van der Waals surface area contributed by atoms with E-state index < -0.39 is 39.9 Å². The fourth-order valence-electron chi connectivity index (χ4n) is 2.10. The Morgan fingerprint density at radius 3 is 2.72 bits per heavy atom. The van der Waals surface area contributed by atoms with Crippen LogP contribution in [0.1, 0.15) is 19.3 Å². The molecule has 1 saturated carbocycles. The molecule has 0 bridgehead atoms. The molecule has 0 saturated heterocycles. The molecular formula is C10H19NO6S.